The highest BCUT2D eigenvalue weighted by Gasteiger charge is 2.31. The topological polar surface area (TPSA) is 49.7 Å². The highest BCUT2D eigenvalue weighted by Crippen LogP contribution is 2.48. The van der Waals surface area contributed by atoms with E-state index in [1.807, 2.05) is 6.92 Å². The molecule has 86 valence electrons. The molecule has 0 rings (SSSR count). The standard InChI is InChI=1S/C8H20O3PS2/c1-5-8(4,6-2)14-11-12(9,10)13-7-3/h9-10H,5-7H2,1-4H3/q+1. The van der Waals surface area contributed by atoms with Crippen LogP contribution in [0.2, 0.25) is 0 Å². The van der Waals surface area contributed by atoms with Crippen molar-refractivity contribution in [1.82, 2.24) is 0 Å². The fraction of sp³-hybridized carbons (Fsp3) is 1.00. The summed E-state index contributed by atoms with van der Waals surface area (Å²) in [6.45, 7) is 4.89. The van der Waals surface area contributed by atoms with Gasteiger partial charge in [0.05, 0.1) is 0 Å². The molecular formula is C8H20O3PS2+. The Morgan fingerprint density at radius 2 is 1.79 bits per heavy atom. The van der Waals surface area contributed by atoms with Gasteiger partial charge in [0.25, 0.3) is 0 Å². The maximum Gasteiger partial charge on any atom is 0.529 e. The summed E-state index contributed by atoms with van der Waals surface area (Å²) in [5.74, 6) is 0.649. The van der Waals surface area contributed by atoms with Crippen molar-refractivity contribution in [2.45, 2.75) is 45.3 Å². The molecule has 0 heterocycles. The van der Waals surface area contributed by atoms with Crippen LogP contribution in [-0.2, 0) is 14.9 Å². The average molecular weight is 259 g/mol. The van der Waals surface area contributed by atoms with Gasteiger partial charge >= 0.3 is 6.72 Å². The van der Waals surface area contributed by atoms with Crippen molar-refractivity contribution in [2.24, 2.45) is 0 Å². The Kier molecular flexibility index (Phi) is 6.87. The summed E-state index contributed by atoms with van der Waals surface area (Å²) in [5, 5.41) is 0. The summed E-state index contributed by atoms with van der Waals surface area (Å²) >= 11 is 1.20. The van der Waals surface area contributed by atoms with Gasteiger partial charge in [0.15, 0.2) is 5.75 Å². The second-order valence-corrected chi connectivity index (χ2v) is 8.99. The Morgan fingerprint density at radius 1 is 1.29 bits per heavy atom. The summed E-state index contributed by atoms with van der Waals surface area (Å²) in [5.41, 5.74) is 0. The van der Waals surface area contributed by atoms with Crippen LogP contribution in [0.5, 0.6) is 0 Å². The molecule has 0 saturated heterocycles. The Balaban J connectivity index is 4.23. The first kappa shape index (κ1) is 14.9. The third-order valence-electron chi connectivity index (χ3n) is 2.13. The Labute approximate surface area is 94.7 Å². The minimum atomic E-state index is -3.19. The second-order valence-electron chi connectivity index (χ2n) is 3.22. The lowest BCUT2D eigenvalue weighted by atomic mass is 10.1. The summed E-state index contributed by atoms with van der Waals surface area (Å²) in [6, 6.07) is 0. The fourth-order valence-corrected chi connectivity index (χ4v) is 4.22. The van der Waals surface area contributed by atoms with Gasteiger partial charge in [0.2, 0.25) is 10.9 Å². The zero-order valence-electron chi connectivity index (χ0n) is 9.19. The van der Waals surface area contributed by atoms with E-state index < -0.39 is 6.72 Å². The van der Waals surface area contributed by atoms with Gasteiger partial charge in [-0.15, -0.1) is 0 Å². The largest absolute Gasteiger partial charge is 0.529 e. The molecule has 0 saturated carbocycles. The zero-order chi connectivity index (χ0) is 11.2. The van der Waals surface area contributed by atoms with Crippen molar-refractivity contribution in [2.75, 3.05) is 5.75 Å². The van der Waals surface area contributed by atoms with Crippen LogP contribution in [0, 0.1) is 0 Å². The first-order chi connectivity index (χ1) is 6.39. The van der Waals surface area contributed by atoms with Gasteiger partial charge in [-0.3, -0.25) is 9.79 Å². The van der Waals surface area contributed by atoms with Crippen LogP contribution in [0.3, 0.4) is 0 Å². The van der Waals surface area contributed by atoms with Crippen molar-refractivity contribution in [3.05, 3.63) is 0 Å². The van der Waals surface area contributed by atoms with Crippen LogP contribution in [0.4, 0.5) is 0 Å². The van der Waals surface area contributed by atoms with Gasteiger partial charge in [0, 0.05) is 16.8 Å². The highest BCUT2D eigenvalue weighted by atomic mass is 32.5. The summed E-state index contributed by atoms with van der Waals surface area (Å²) in [7, 11) is 1.07. The molecular weight excluding hydrogens is 239 g/mol. The predicted octanol–water partition coefficient (Wildman–Crippen LogP) is 2.99. The van der Waals surface area contributed by atoms with E-state index in [0.717, 1.165) is 23.8 Å². The zero-order valence-corrected chi connectivity index (χ0v) is 11.7. The lowest BCUT2D eigenvalue weighted by molar-refractivity contribution is 0.386. The van der Waals surface area contributed by atoms with Crippen molar-refractivity contribution < 1.29 is 13.8 Å². The minimum Gasteiger partial charge on any atom is -0.289 e. The first-order valence-electron chi connectivity index (χ1n) is 4.75. The lowest BCUT2D eigenvalue weighted by Gasteiger charge is -2.23. The first-order valence-corrected chi connectivity index (χ1v) is 8.70. The molecule has 0 bridgehead atoms. The van der Waals surface area contributed by atoms with Crippen LogP contribution >= 0.6 is 18.8 Å². The molecule has 6 heteroatoms. The molecule has 0 atom stereocenters. The number of hydrogen-bond donors (Lipinski definition) is 2. The van der Waals surface area contributed by atoms with Crippen LogP contribution in [-0.4, -0.2) is 20.3 Å². The summed E-state index contributed by atoms with van der Waals surface area (Å²) in [6.07, 6.45) is 1.90. The third kappa shape index (κ3) is 5.69. The van der Waals surface area contributed by atoms with Crippen LogP contribution in [0.1, 0.15) is 40.5 Å². The highest BCUT2D eigenvalue weighted by molar-refractivity contribution is 8.20. The van der Waals surface area contributed by atoms with Crippen molar-refractivity contribution in [1.29, 1.82) is 0 Å². The van der Waals surface area contributed by atoms with Crippen LogP contribution in [0.15, 0.2) is 0 Å². The molecule has 3 nitrogen and oxygen atoms in total. The Hall–Kier alpha value is 0.880. The van der Waals surface area contributed by atoms with Gasteiger partial charge in [-0.1, -0.05) is 13.8 Å². The van der Waals surface area contributed by atoms with Crippen molar-refractivity contribution in [3.63, 3.8) is 0 Å². The molecule has 0 aliphatic heterocycles. The second kappa shape index (κ2) is 6.46. The average Bonchev–Trinajstić information content (AvgIpc) is 2.14. The fourth-order valence-electron chi connectivity index (χ4n) is 0.696. The van der Waals surface area contributed by atoms with Gasteiger partial charge in [-0.25, -0.2) is 3.97 Å². The van der Waals surface area contributed by atoms with Gasteiger partial charge < -0.3 is 0 Å². The molecule has 0 radical (unpaired) electrons. The van der Waals surface area contributed by atoms with E-state index in [-0.39, 0.29) is 4.75 Å². The monoisotopic (exact) mass is 259 g/mol. The maximum atomic E-state index is 9.46. The summed E-state index contributed by atoms with van der Waals surface area (Å²) in [4.78, 5) is 18.9. The van der Waals surface area contributed by atoms with Crippen LogP contribution in [0.25, 0.3) is 0 Å². The van der Waals surface area contributed by atoms with E-state index in [0.29, 0.717) is 5.75 Å². The third-order valence-corrected chi connectivity index (χ3v) is 7.11. The van der Waals surface area contributed by atoms with E-state index in [1.54, 1.807) is 0 Å². The predicted molar refractivity (Wildman–Crippen MR) is 66.9 cm³/mol. The van der Waals surface area contributed by atoms with E-state index in [4.69, 9.17) is 3.97 Å². The van der Waals surface area contributed by atoms with Crippen LogP contribution < -0.4 is 0 Å². The molecule has 0 aliphatic carbocycles. The van der Waals surface area contributed by atoms with Gasteiger partial charge in [-0.05, 0) is 26.7 Å². The number of rotatable bonds is 6. The molecule has 0 aromatic rings. The van der Waals surface area contributed by atoms with E-state index in [9.17, 15) is 9.79 Å². The normalized spacial score (nSPS) is 13.0. The molecule has 0 amide bonds. The minimum absolute atomic E-state index is 0.0228. The Bertz CT molecular complexity index is 211. The van der Waals surface area contributed by atoms with Gasteiger partial charge in [0.1, 0.15) is 0 Å². The van der Waals surface area contributed by atoms with E-state index >= 15 is 0 Å². The molecule has 0 aromatic carbocycles. The molecule has 0 spiro atoms. The quantitative estimate of drug-likeness (QED) is 0.437. The maximum absolute atomic E-state index is 9.46. The van der Waals surface area contributed by atoms with E-state index in [1.165, 1.54) is 12.0 Å². The molecule has 14 heavy (non-hydrogen) atoms. The molecule has 0 fully saturated rings. The van der Waals surface area contributed by atoms with Crippen molar-refractivity contribution in [3.8, 4) is 0 Å². The number of hydrogen-bond acceptors (Lipinski definition) is 2. The molecule has 2 N–H and O–H groups in total. The smallest absolute Gasteiger partial charge is 0.289 e. The van der Waals surface area contributed by atoms with E-state index in [2.05, 4.69) is 20.8 Å². The summed E-state index contributed by atoms with van der Waals surface area (Å²) < 4.78 is 5.10. The SMILES string of the molecule is CC[S+]=P(O)(O)OSC(C)(CC)CC. The lowest BCUT2D eigenvalue weighted by Crippen LogP contribution is -2.17. The molecule has 0 aliphatic rings. The van der Waals surface area contributed by atoms with Gasteiger partial charge in [-0.2, -0.15) is 0 Å². The molecule has 0 aromatic heterocycles. The molecule has 0 unspecified atom stereocenters. The Morgan fingerprint density at radius 3 is 2.14 bits per heavy atom. The van der Waals surface area contributed by atoms with Crippen molar-refractivity contribution >= 4 is 29.7 Å².